The Morgan fingerprint density at radius 1 is 1.14 bits per heavy atom. The number of carbonyl (C=O) groups is 1. The van der Waals surface area contributed by atoms with Crippen molar-refractivity contribution in [3.05, 3.63) is 29.8 Å². The minimum absolute atomic E-state index is 0.208. The van der Waals surface area contributed by atoms with Gasteiger partial charge in [-0.05, 0) is 38.8 Å². The number of rotatable bonds is 5. The molecule has 0 unspecified atom stereocenters. The summed E-state index contributed by atoms with van der Waals surface area (Å²) < 4.78 is 24.8. The molecular weight excluding hydrogens is 298 g/mol. The molecule has 0 bridgehead atoms. The molecule has 1 saturated carbocycles. The number of sulfone groups is 1. The van der Waals surface area contributed by atoms with Crippen LogP contribution in [-0.4, -0.2) is 37.6 Å². The molecule has 1 aromatic carbocycles. The lowest BCUT2D eigenvalue weighted by Gasteiger charge is -2.33. The highest BCUT2D eigenvalue weighted by Gasteiger charge is 2.28. The summed E-state index contributed by atoms with van der Waals surface area (Å²) in [6.07, 6.45) is 5.44. The fourth-order valence-corrected chi connectivity index (χ4v) is 4.31. The van der Waals surface area contributed by atoms with Crippen molar-refractivity contribution in [3.8, 4) is 0 Å². The summed E-state index contributed by atoms with van der Waals surface area (Å²) in [6.45, 7) is 4.40. The van der Waals surface area contributed by atoms with E-state index in [1.807, 2.05) is 13.8 Å². The molecule has 0 N–H and O–H groups in total. The third kappa shape index (κ3) is 4.09. The van der Waals surface area contributed by atoms with Crippen LogP contribution in [0.5, 0.6) is 0 Å². The highest BCUT2D eigenvalue weighted by Crippen LogP contribution is 2.23. The van der Waals surface area contributed by atoms with Crippen LogP contribution in [0, 0.1) is 6.92 Å². The van der Waals surface area contributed by atoms with E-state index in [0.29, 0.717) is 6.54 Å². The second-order valence-electron chi connectivity index (χ2n) is 6.04. The van der Waals surface area contributed by atoms with Gasteiger partial charge in [0.15, 0.2) is 9.84 Å². The maximum atomic E-state index is 12.5. The van der Waals surface area contributed by atoms with Crippen molar-refractivity contribution >= 4 is 15.7 Å². The molecule has 0 aliphatic heterocycles. The molecular formula is C17H25NO3S. The van der Waals surface area contributed by atoms with E-state index in [1.54, 1.807) is 29.2 Å². The van der Waals surface area contributed by atoms with Crippen molar-refractivity contribution < 1.29 is 13.2 Å². The molecule has 2 rings (SSSR count). The van der Waals surface area contributed by atoms with Gasteiger partial charge in [0.2, 0.25) is 5.91 Å². The fraction of sp³-hybridized carbons (Fsp3) is 0.588. The molecule has 4 nitrogen and oxygen atoms in total. The van der Waals surface area contributed by atoms with Gasteiger partial charge in [0.1, 0.15) is 5.75 Å². The summed E-state index contributed by atoms with van der Waals surface area (Å²) in [7, 11) is -3.56. The smallest absolute Gasteiger partial charge is 0.238 e. The minimum atomic E-state index is -3.56. The molecule has 0 radical (unpaired) electrons. The zero-order valence-electron chi connectivity index (χ0n) is 13.4. The Morgan fingerprint density at radius 3 is 2.27 bits per heavy atom. The zero-order valence-corrected chi connectivity index (χ0v) is 14.2. The molecule has 0 aromatic heterocycles. The third-order valence-electron chi connectivity index (χ3n) is 4.37. The molecule has 1 aliphatic carbocycles. The SMILES string of the molecule is CCN(C(=O)CS(=O)(=O)c1ccc(C)cc1)C1CCCCC1. The van der Waals surface area contributed by atoms with Crippen LogP contribution >= 0.6 is 0 Å². The van der Waals surface area contributed by atoms with Gasteiger partial charge in [-0.3, -0.25) is 4.79 Å². The molecule has 1 fully saturated rings. The van der Waals surface area contributed by atoms with E-state index in [0.717, 1.165) is 31.2 Å². The van der Waals surface area contributed by atoms with Crippen LogP contribution in [0.1, 0.15) is 44.6 Å². The summed E-state index contributed by atoms with van der Waals surface area (Å²) >= 11 is 0. The van der Waals surface area contributed by atoms with E-state index in [1.165, 1.54) is 6.42 Å². The number of hydrogen-bond acceptors (Lipinski definition) is 3. The van der Waals surface area contributed by atoms with Crippen molar-refractivity contribution in [2.45, 2.75) is 56.9 Å². The van der Waals surface area contributed by atoms with Crippen molar-refractivity contribution in [1.82, 2.24) is 4.90 Å². The Bertz CT molecular complexity index is 601. The number of aryl methyl sites for hydroxylation is 1. The van der Waals surface area contributed by atoms with Crippen LogP contribution in [0.3, 0.4) is 0 Å². The van der Waals surface area contributed by atoms with Crippen LogP contribution in [0.15, 0.2) is 29.2 Å². The van der Waals surface area contributed by atoms with E-state index in [-0.39, 0.29) is 16.8 Å². The quantitative estimate of drug-likeness (QED) is 0.837. The maximum absolute atomic E-state index is 12.5. The van der Waals surface area contributed by atoms with Crippen LogP contribution in [0.25, 0.3) is 0 Å². The Labute approximate surface area is 133 Å². The Balaban J connectivity index is 2.09. The van der Waals surface area contributed by atoms with Gasteiger partial charge >= 0.3 is 0 Å². The molecule has 0 heterocycles. The van der Waals surface area contributed by atoms with Crippen LogP contribution < -0.4 is 0 Å². The molecule has 1 aliphatic rings. The topological polar surface area (TPSA) is 54.5 Å². The Morgan fingerprint density at radius 2 is 1.73 bits per heavy atom. The highest BCUT2D eigenvalue weighted by atomic mass is 32.2. The van der Waals surface area contributed by atoms with E-state index in [9.17, 15) is 13.2 Å². The maximum Gasteiger partial charge on any atom is 0.238 e. The Kier molecular flexibility index (Phi) is 5.62. The van der Waals surface area contributed by atoms with E-state index in [2.05, 4.69) is 0 Å². The van der Waals surface area contributed by atoms with E-state index >= 15 is 0 Å². The summed E-state index contributed by atoms with van der Waals surface area (Å²) in [6, 6.07) is 6.88. The average molecular weight is 323 g/mol. The predicted octanol–water partition coefficient (Wildman–Crippen LogP) is 2.95. The number of benzene rings is 1. The number of nitrogens with zero attached hydrogens (tertiary/aromatic N) is 1. The molecule has 5 heteroatoms. The molecule has 122 valence electrons. The van der Waals surface area contributed by atoms with Gasteiger partial charge in [0.25, 0.3) is 0 Å². The number of carbonyl (C=O) groups excluding carboxylic acids is 1. The average Bonchev–Trinajstić information content (AvgIpc) is 2.49. The summed E-state index contributed by atoms with van der Waals surface area (Å²) in [5.41, 5.74) is 1.00. The van der Waals surface area contributed by atoms with Crippen LogP contribution in [0.2, 0.25) is 0 Å². The fourth-order valence-electron chi connectivity index (χ4n) is 3.11. The van der Waals surface area contributed by atoms with Crippen molar-refractivity contribution in [3.63, 3.8) is 0 Å². The van der Waals surface area contributed by atoms with Gasteiger partial charge in [-0.1, -0.05) is 37.0 Å². The first-order valence-electron chi connectivity index (χ1n) is 8.03. The van der Waals surface area contributed by atoms with Gasteiger partial charge in [0.05, 0.1) is 4.90 Å². The van der Waals surface area contributed by atoms with Gasteiger partial charge < -0.3 is 4.90 Å². The van der Waals surface area contributed by atoms with E-state index in [4.69, 9.17) is 0 Å². The largest absolute Gasteiger partial charge is 0.339 e. The zero-order chi connectivity index (χ0) is 16.2. The van der Waals surface area contributed by atoms with Crippen molar-refractivity contribution in [2.75, 3.05) is 12.3 Å². The first-order valence-corrected chi connectivity index (χ1v) is 9.68. The lowest BCUT2D eigenvalue weighted by molar-refractivity contribution is -0.131. The number of hydrogen-bond donors (Lipinski definition) is 0. The predicted molar refractivity (Wildman–Crippen MR) is 87.5 cm³/mol. The molecule has 22 heavy (non-hydrogen) atoms. The van der Waals surface area contributed by atoms with Gasteiger partial charge in [-0.15, -0.1) is 0 Å². The molecule has 1 amide bonds. The van der Waals surface area contributed by atoms with Gasteiger partial charge in [-0.2, -0.15) is 0 Å². The third-order valence-corrected chi connectivity index (χ3v) is 5.99. The first-order chi connectivity index (χ1) is 10.4. The van der Waals surface area contributed by atoms with Gasteiger partial charge in [0, 0.05) is 12.6 Å². The normalized spacial score (nSPS) is 16.5. The lowest BCUT2D eigenvalue weighted by atomic mass is 9.94. The second kappa shape index (κ2) is 7.27. The summed E-state index contributed by atoms with van der Waals surface area (Å²) in [5.74, 6) is -0.699. The number of amides is 1. The molecule has 1 aromatic rings. The van der Waals surface area contributed by atoms with Crippen molar-refractivity contribution in [2.24, 2.45) is 0 Å². The van der Waals surface area contributed by atoms with Crippen LogP contribution in [0.4, 0.5) is 0 Å². The molecule has 0 atom stereocenters. The Hall–Kier alpha value is -1.36. The van der Waals surface area contributed by atoms with Crippen molar-refractivity contribution in [1.29, 1.82) is 0 Å². The molecule has 0 saturated heterocycles. The summed E-state index contributed by atoms with van der Waals surface area (Å²) in [4.78, 5) is 14.5. The highest BCUT2D eigenvalue weighted by molar-refractivity contribution is 7.92. The molecule has 0 spiro atoms. The van der Waals surface area contributed by atoms with Gasteiger partial charge in [-0.25, -0.2) is 8.42 Å². The summed E-state index contributed by atoms with van der Waals surface area (Å²) in [5, 5.41) is 0. The van der Waals surface area contributed by atoms with Crippen LogP contribution in [-0.2, 0) is 14.6 Å². The first kappa shape index (κ1) is 17.0. The monoisotopic (exact) mass is 323 g/mol. The standard InChI is InChI=1S/C17H25NO3S/c1-3-18(15-7-5-4-6-8-15)17(19)13-22(20,21)16-11-9-14(2)10-12-16/h9-12,15H,3-8,13H2,1-2H3. The van der Waals surface area contributed by atoms with E-state index < -0.39 is 15.6 Å². The lowest BCUT2D eigenvalue weighted by Crippen LogP contribution is -2.44. The second-order valence-corrected chi connectivity index (χ2v) is 8.03. The minimum Gasteiger partial charge on any atom is -0.339 e.